The van der Waals surface area contributed by atoms with Crippen molar-refractivity contribution in [3.8, 4) is 0 Å². The van der Waals surface area contributed by atoms with Gasteiger partial charge in [0.1, 0.15) is 5.82 Å². The lowest BCUT2D eigenvalue weighted by Crippen LogP contribution is -2.34. The minimum absolute atomic E-state index is 0.0429. The Morgan fingerprint density at radius 2 is 1.95 bits per heavy atom. The molecule has 2 aromatic carbocycles. The molecule has 2 nitrogen and oxygen atoms in total. The van der Waals surface area contributed by atoms with Gasteiger partial charge >= 0.3 is 0 Å². The second-order valence-electron chi connectivity index (χ2n) is 5.00. The fourth-order valence-corrected chi connectivity index (χ4v) is 2.85. The van der Waals surface area contributed by atoms with Gasteiger partial charge in [0, 0.05) is 18.8 Å². The zero-order valence-corrected chi connectivity index (χ0v) is 13.9. The minimum Gasteiger partial charge on any atom is -0.363 e. The molecule has 0 bridgehead atoms. The maximum Gasteiger partial charge on any atom is 0.137 e. The van der Waals surface area contributed by atoms with E-state index in [1.54, 1.807) is 12.1 Å². The predicted molar refractivity (Wildman–Crippen MR) is 90.1 cm³/mol. The van der Waals surface area contributed by atoms with E-state index in [2.05, 4.69) is 46.8 Å². The molecule has 0 amide bonds. The molecule has 1 atom stereocenters. The van der Waals surface area contributed by atoms with Crippen molar-refractivity contribution in [3.63, 3.8) is 0 Å². The molecule has 0 aliphatic heterocycles. The third-order valence-electron chi connectivity index (χ3n) is 3.69. The first-order valence-electron chi connectivity index (χ1n) is 7.05. The molecule has 0 aliphatic rings. The van der Waals surface area contributed by atoms with Crippen molar-refractivity contribution in [2.24, 2.45) is 5.73 Å². The zero-order chi connectivity index (χ0) is 15.4. The lowest BCUT2D eigenvalue weighted by atomic mass is 10.0. The van der Waals surface area contributed by atoms with Crippen LogP contribution in [0.1, 0.15) is 24.1 Å². The average Bonchev–Trinajstić information content (AvgIpc) is 2.49. The smallest absolute Gasteiger partial charge is 0.137 e. The lowest BCUT2D eigenvalue weighted by molar-refractivity contribution is 0.602. The number of para-hydroxylation sites is 1. The van der Waals surface area contributed by atoms with E-state index in [1.165, 1.54) is 5.56 Å². The van der Waals surface area contributed by atoms with Crippen LogP contribution in [0.3, 0.4) is 0 Å². The second kappa shape index (κ2) is 7.05. The van der Waals surface area contributed by atoms with Crippen molar-refractivity contribution in [1.29, 1.82) is 0 Å². The Labute approximate surface area is 133 Å². The molecule has 112 valence electrons. The van der Waals surface area contributed by atoms with Gasteiger partial charge in [-0.25, -0.2) is 4.39 Å². The quantitative estimate of drug-likeness (QED) is 0.864. The summed E-state index contributed by atoms with van der Waals surface area (Å²) in [6, 6.07) is 13.4. The van der Waals surface area contributed by atoms with Crippen LogP contribution in [0.5, 0.6) is 0 Å². The molecule has 21 heavy (non-hydrogen) atoms. The van der Waals surface area contributed by atoms with E-state index in [4.69, 9.17) is 5.73 Å². The molecule has 2 aromatic rings. The maximum atomic E-state index is 13.8. The van der Waals surface area contributed by atoms with E-state index in [0.717, 1.165) is 17.8 Å². The van der Waals surface area contributed by atoms with Gasteiger partial charge < -0.3 is 10.6 Å². The van der Waals surface area contributed by atoms with Crippen LogP contribution in [-0.2, 0) is 0 Å². The number of aryl methyl sites for hydroxylation is 1. The number of hydrogen-bond acceptors (Lipinski definition) is 2. The van der Waals surface area contributed by atoms with Crippen LogP contribution < -0.4 is 10.6 Å². The fraction of sp³-hybridized carbons (Fsp3) is 0.294. The first-order valence-corrected chi connectivity index (χ1v) is 7.85. The largest absolute Gasteiger partial charge is 0.363 e. The van der Waals surface area contributed by atoms with E-state index in [9.17, 15) is 4.39 Å². The minimum atomic E-state index is -0.258. The van der Waals surface area contributed by atoms with Gasteiger partial charge in [-0.1, -0.05) is 24.3 Å². The molecule has 0 aromatic heterocycles. The Hall–Kier alpha value is -1.39. The molecule has 0 radical (unpaired) electrons. The summed E-state index contributed by atoms with van der Waals surface area (Å²) in [6.07, 6.45) is 0. The number of nitrogens with two attached hydrogens (primary N) is 1. The number of rotatable bonds is 5. The van der Waals surface area contributed by atoms with Gasteiger partial charge in [-0.15, -0.1) is 0 Å². The lowest BCUT2D eigenvalue weighted by Gasteiger charge is -2.33. The summed E-state index contributed by atoms with van der Waals surface area (Å²) in [5, 5.41) is 0. The molecule has 0 heterocycles. The van der Waals surface area contributed by atoms with E-state index < -0.39 is 0 Å². The SMILES string of the molecule is CCN(c1ccccc1C)C(CN)c1ccc(Br)c(F)c1. The van der Waals surface area contributed by atoms with Crippen LogP contribution in [0.25, 0.3) is 0 Å². The van der Waals surface area contributed by atoms with Gasteiger partial charge in [0.25, 0.3) is 0 Å². The monoisotopic (exact) mass is 350 g/mol. The molecule has 0 saturated heterocycles. The molecule has 1 unspecified atom stereocenters. The van der Waals surface area contributed by atoms with Crippen molar-refractivity contribution < 1.29 is 4.39 Å². The molecule has 0 aliphatic carbocycles. The van der Waals surface area contributed by atoms with Crippen molar-refractivity contribution in [2.75, 3.05) is 18.0 Å². The number of anilines is 1. The zero-order valence-electron chi connectivity index (χ0n) is 12.3. The number of benzene rings is 2. The molecule has 2 rings (SSSR count). The number of halogens is 2. The average molecular weight is 351 g/mol. The predicted octanol–water partition coefficient (Wildman–Crippen LogP) is 4.42. The molecule has 0 spiro atoms. The highest BCUT2D eigenvalue weighted by Crippen LogP contribution is 2.30. The highest BCUT2D eigenvalue weighted by molar-refractivity contribution is 9.10. The number of likely N-dealkylation sites (N-methyl/N-ethyl adjacent to an activating group) is 1. The normalized spacial score (nSPS) is 12.2. The van der Waals surface area contributed by atoms with Crippen LogP contribution in [-0.4, -0.2) is 13.1 Å². The van der Waals surface area contributed by atoms with E-state index in [-0.39, 0.29) is 11.9 Å². The van der Waals surface area contributed by atoms with Gasteiger partial charge in [0.2, 0.25) is 0 Å². The Balaban J connectivity index is 2.42. The highest BCUT2D eigenvalue weighted by atomic mass is 79.9. The Bertz CT molecular complexity index is 615. The summed E-state index contributed by atoms with van der Waals surface area (Å²) in [7, 11) is 0. The summed E-state index contributed by atoms with van der Waals surface area (Å²) >= 11 is 3.19. The van der Waals surface area contributed by atoms with E-state index >= 15 is 0 Å². The van der Waals surface area contributed by atoms with Gasteiger partial charge in [0.05, 0.1) is 10.5 Å². The summed E-state index contributed by atoms with van der Waals surface area (Å²) in [6.45, 7) is 5.41. The Morgan fingerprint density at radius 1 is 1.24 bits per heavy atom. The Morgan fingerprint density at radius 3 is 2.52 bits per heavy atom. The summed E-state index contributed by atoms with van der Waals surface area (Å²) in [5.41, 5.74) is 9.20. The summed E-state index contributed by atoms with van der Waals surface area (Å²) in [5.74, 6) is -0.258. The Kier molecular flexibility index (Phi) is 5.37. The second-order valence-corrected chi connectivity index (χ2v) is 5.85. The van der Waals surface area contributed by atoms with Gasteiger partial charge in [0.15, 0.2) is 0 Å². The molecular formula is C17H20BrFN2. The fourth-order valence-electron chi connectivity index (χ4n) is 2.61. The summed E-state index contributed by atoms with van der Waals surface area (Å²) < 4.78 is 14.3. The topological polar surface area (TPSA) is 29.3 Å². The molecule has 4 heteroatoms. The van der Waals surface area contributed by atoms with Crippen molar-refractivity contribution in [1.82, 2.24) is 0 Å². The molecular weight excluding hydrogens is 331 g/mol. The highest BCUT2D eigenvalue weighted by Gasteiger charge is 2.20. The van der Waals surface area contributed by atoms with Gasteiger partial charge in [-0.05, 0) is 59.1 Å². The third kappa shape index (κ3) is 3.44. The van der Waals surface area contributed by atoms with E-state index in [1.807, 2.05) is 18.2 Å². The molecule has 0 fully saturated rings. The summed E-state index contributed by atoms with van der Waals surface area (Å²) in [4.78, 5) is 2.22. The molecule has 0 saturated carbocycles. The standard InChI is InChI=1S/C17H20BrFN2/c1-3-21(16-7-5-4-6-12(16)2)17(11-20)13-8-9-14(18)15(19)10-13/h4-10,17H,3,11,20H2,1-2H3. The van der Waals surface area contributed by atoms with Crippen LogP contribution in [0, 0.1) is 12.7 Å². The van der Waals surface area contributed by atoms with Crippen LogP contribution >= 0.6 is 15.9 Å². The van der Waals surface area contributed by atoms with E-state index in [0.29, 0.717) is 11.0 Å². The van der Waals surface area contributed by atoms with Crippen LogP contribution in [0.15, 0.2) is 46.9 Å². The van der Waals surface area contributed by atoms with Crippen LogP contribution in [0.4, 0.5) is 10.1 Å². The van der Waals surface area contributed by atoms with Gasteiger partial charge in [-0.2, -0.15) is 0 Å². The van der Waals surface area contributed by atoms with Crippen molar-refractivity contribution in [2.45, 2.75) is 19.9 Å². The maximum absolute atomic E-state index is 13.8. The van der Waals surface area contributed by atoms with Gasteiger partial charge in [-0.3, -0.25) is 0 Å². The van der Waals surface area contributed by atoms with Crippen molar-refractivity contribution >= 4 is 21.6 Å². The molecule has 2 N–H and O–H groups in total. The first-order chi connectivity index (χ1) is 10.1. The first kappa shape index (κ1) is 16.0. The number of hydrogen-bond donors (Lipinski definition) is 1. The van der Waals surface area contributed by atoms with Crippen LogP contribution in [0.2, 0.25) is 0 Å². The number of nitrogens with zero attached hydrogens (tertiary/aromatic N) is 1. The van der Waals surface area contributed by atoms with Crippen molar-refractivity contribution in [3.05, 3.63) is 63.9 Å². The third-order valence-corrected chi connectivity index (χ3v) is 4.34.